The Bertz CT molecular complexity index is 339. The second kappa shape index (κ2) is 5.89. The van der Waals surface area contributed by atoms with Crippen LogP contribution in [0.15, 0.2) is 18.2 Å². The van der Waals surface area contributed by atoms with E-state index in [1.54, 1.807) is 4.90 Å². The van der Waals surface area contributed by atoms with Gasteiger partial charge >= 0.3 is 0 Å². The van der Waals surface area contributed by atoms with E-state index >= 15 is 0 Å². The lowest BCUT2D eigenvalue weighted by molar-refractivity contribution is 0.192. The summed E-state index contributed by atoms with van der Waals surface area (Å²) < 4.78 is 38.3. The summed E-state index contributed by atoms with van der Waals surface area (Å²) in [6.45, 7) is 3.91. The Hall–Kier alpha value is -1.03. The van der Waals surface area contributed by atoms with E-state index in [4.69, 9.17) is 0 Å². The summed E-state index contributed by atoms with van der Waals surface area (Å²) in [6.07, 6.45) is 0. The van der Waals surface area contributed by atoms with Crippen molar-refractivity contribution in [2.75, 3.05) is 13.2 Å². The third-order valence-corrected chi connectivity index (χ3v) is 2.49. The van der Waals surface area contributed by atoms with Crippen LogP contribution < -0.4 is 0 Å². The molecular weight excluding hydrogens is 215 g/mol. The van der Waals surface area contributed by atoms with Crippen molar-refractivity contribution in [2.45, 2.75) is 26.4 Å². The second-order valence-electron chi connectivity index (χ2n) is 3.99. The number of hydrogen-bond acceptors (Lipinski definition) is 1. The normalized spacial score (nSPS) is 11.4. The maximum Gasteiger partial charge on any atom is 0.130 e. The van der Waals surface area contributed by atoms with E-state index in [-0.39, 0.29) is 12.6 Å². The van der Waals surface area contributed by atoms with Gasteiger partial charge in [-0.25, -0.2) is 13.2 Å². The Balaban J connectivity index is 2.77. The Morgan fingerprint density at radius 3 is 2.44 bits per heavy atom. The SMILES string of the molecule is CC(C)N(CCF)Cc1ccc(F)cc1F. The summed E-state index contributed by atoms with van der Waals surface area (Å²) in [5.74, 6) is -1.17. The van der Waals surface area contributed by atoms with E-state index in [0.717, 1.165) is 6.07 Å². The van der Waals surface area contributed by atoms with Crippen molar-refractivity contribution in [1.82, 2.24) is 4.90 Å². The first-order valence-electron chi connectivity index (χ1n) is 5.28. The van der Waals surface area contributed by atoms with Gasteiger partial charge in [0.05, 0.1) is 0 Å². The largest absolute Gasteiger partial charge is 0.294 e. The molecule has 0 saturated heterocycles. The zero-order valence-corrected chi connectivity index (χ0v) is 9.51. The van der Waals surface area contributed by atoms with Crippen molar-refractivity contribution in [2.24, 2.45) is 0 Å². The van der Waals surface area contributed by atoms with Crippen molar-refractivity contribution >= 4 is 0 Å². The lowest BCUT2D eigenvalue weighted by atomic mass is 10.1. The summed E-state index contributed by atoms with van der Waals surface area (Å²) in [5, 5.41) is 0. The summed E-state index contributed by atoms with van der Waals surface area (Å²) in [5.41, 5.74) is 0.392. The third kappa shape index (κ3) is 3.52. The van der Waals surface area contributed by atoms with Crippen LogP contribution >= 0.6 is 0 Å². The van der Waals surface area contributed by atoms with Gasteiger partial charge in [0.2, 0.25) is 0 Å². The van der Waals surface area contributed by atoms with E-state index in [1.165, 1.54) is 12.1 Å². The van der Waals surface area contributed by atoms with Crippen molar-refractivity contribution in [3.05, 3.63) is 35.4 Å². The maximum absolute atomic E-state index is 13.4. The van der Waals surface area contributed by atoms with E-state index < -0.39 is 18.3 Å². The summed E-state index contributed by atoms with van der Waals surface area (Å²) >= 11 is 0. The van der Waals surface area contributed by atoms with Gasteiger partial charge in [-0.3, -0.25) is 4.90 Å². The average molecular weight is 231 g/mol. The van der Waals surface area contributed by atoms with Gasteiger partial charge < -0.3 is 0 Å². The second-order valence-corrected chi connectivity index (χ2v) is 3.99. The molecule has 0 aliphatic carbocycles. The fraction of sp³-hybridized carbons (Fsp3) is 0.500. The van der Waals surface area contributed by atoms with Gasteiger partial charge in [0.1, 0.15) is 18.3 Å². The molecule has 4 heteroatoms. The molecule has 1 aromatic carbocycles. The fourth-order valence-corrected chi connectivity index (χ4v) is 1.50. The monoisotopic (exact) mass is 231 g/mol. The van der Waals surface area contributed by atoms with Crippen LogP contribution in [0.5, 0.6) is 0 Å². The first-order valence-corrected chi connectivity index (χ1v) is 5.28. The van der Waals surface area contributed by atoms with E-state index in [1.807, 2.05) is 13.8 Å². The third-order valence-electron chi connectivity index (χ3n) is 2.49. The van der Waals surface area contributed by atoms with Crippen LogP contribution in [0.4, 0.5) is 13.2 Å². The van der Waals surface area contributed by atoms with Gasteiger partial charge in [-0.1, -0.05) is 6.07 Å². The lowest BCUT2D eigenvalue weighted by Gasteiger charge is -2.25. The Labute approximate surface area is 93.9 Å². The van der Waals surface area contributed by atoms with Crippen molar-refractivity contribution in [3.63, 3.8) is 0 Å². The van der Waals surface area contributed by atoms with Gasteiger partial charge in [-0.2, -0.15) is 0 Å². The summed E-state index contributed by atoms with van der Waals surface area (Å²) in [6, 6.07) is 3.59. The molecule has 0 saturated carbocycles. The Morgan fingerprint density at radius 2 is 1.94 bits per heavy atom. The minimum atomic E-state index is -0.595. The number of halogens is 3. The van der Waals surface area contributed by atoms with Crippen molar-refractivity contribution in [1.29, 1.82) is 0 Å². The standard InChI is InChI=1S/C12H16F3N/c1-9(2)16(6-5-13)8-10-3-4-11(14)7-12(10)15/h3-4,7,9H,5-6,8H2,1-2H3. The highest BCUT2D eigenvalue weighted by molar-refractivity contribution is 5.18. The lowest BCUT2D eigenvalue weighted by Crippen LogP contribution is -2.32. The quantitative estimate of drug-likeness (QED) is 0.752. The zero-order valence-electron chi connectivity index (χ0n) is 9.51. The number of benzene rings is 1. The predicted molar refractivity (Wildman–Crippen MR) is 57.9 cm³/mol. The Kier molecular flexibility index (Phi) is 4.80. The number of hydrogen-bond donors (Lipinski definition) is 0. The molecular formula is C12H16F3N. The molecule has 0 N–H and O–H groups in total. The zero-order chi connectivity index (χ0) is 12.1. The van der Waals surface area contributed by atoms with Gasteiger partial charge in [0, 0.05) is 30.8 Å². The molecule has 0 radical (unpaired) electrons. The number of rotatable bonds is 5. The highest BCUT2D eigenvalue weighted by Crippen LogP contribution is 2.13. The topological polar surface area (TPSA) is 3.24 Å². The van der Waals surface area contributed by atoms with Crippen molar-refractivity contribution in [3.8, 4) is 0 Å². The molecule has 1 aromatic rings. The molecule has 16 heavy (non-hydrogen) atoms. The first kappa shape index (κ1) is 13.0. The average Bonchev–Trinajstić information content (AvgIpc) is 2.20. The summed E-state index contributed by atoms with van der Waals surface area (Å²) in [4.78, 5) is 1.80. The molecule has 1 nitrogen and oxygen atoms in total. The van der Waals surface area contributed by atoms with Gasteiger partial charge in [-0.15, -0.1) is 0 Å². The molecule has 90 valence electrons. The van der Waals surface area contributed by atoms with Crippen LogP contribution in [-0.4, -0.2) is 24.2 Å². The number of nitrogens with zero attached hydrogens (tertiary/aromatic N) is 1. The minimum Gasteiger partial charge on any atom is -0.294 e. The minimum absolute atomic E-state index is 0.125. The van der Waals surface area contributed by atoms with E-state index in [2.05, 4.69) is 0 Å². The van der Waals surface area contributed by atoms with E-state index in [9.17, 15) is 13.2 Å². The highest BCUT2D eigenvalue weighted by atomic mass is 19.1. The van der Waals surface area contributed by atoms with Gasteiger partial charge in [-0.05, 0) is 19.9 Å². The molecule has 0 bridgehead atoms. The summed E-state index contributed by atoms with van der Waals surface area (Å²) in [7, 11) is 0. The Morgan fingerprint density at radius 1 is 1.25 bits per heavy atom. The highest BCUT2D eigenvalue weighted by Gasteiger charge is 2.12. The molecule has 1 rings (SSSR count). The molecule has 0 aliphatic rings. The molecule has 0 fully saturated rings. The number of alkyl halides is 1. The fourth-order valence-electron chi connectivity index (χ4n) is 1.50. The van der Waals surface area contributed by atoms with Crippen molar-refractivity contribution < 1.29 is 13.2 Å². The van der Waals surface area contributed by atoms with Crippen LogP contribution in [0.2, 0.25) is 0 Å². The molecule has 0 heterocycles. The smallest absolute Gasteiger partial charge is 0.130 e. The van der Waals surface area contributed by atoms with Crippen LogP contribution in [0.3, 0.4) is 0 Å². The van der Waals surface area contributed by atoms with Gasteiger partial charge in [0.25, 0.3) is 0 Å². The molecule has 0 unspecified atom stereocenters. The van der Waals surface area contributed by atoms with Crippen LogP contribution in [0.1, 0.15) is 19.4 Å². The molecule has 0 amide bonds. The maximum atomic E-state index is 13.4. The first-order chi connectivity index (χ1) is 7.54. The molecule has 0 spiro atoms. The van der Waals surface area contributed by atoms with Crippen LogP contribution in [0.25, 0.3) is 0 Å². The molecule has 0 atom stereocenters. The predicted octanol–water partition coefficient (Wildman–Crippen LogP) is 3.14. The van der Waals surface area contributed by atoms with Crippen LogP contribution in [0, 0.1) is 11.6 Å². The van der Waals surface area contributed by atoms with Gasteiger partial charge in [0.15, 0.2) is 0 Å². The van der Waals surface area contributed by atoms with Crippen LogP contribution in [-0.2, 0) is 6.54 Å². The molecule has 0 aliphatic heterocycles. The molecule has 0 aromatic heterocycles. The van der Waals surface area contributed by atoms with E-state index in [0.29, 0.717) is 12.1 Å².